The van der Waals surface area contributed by atoms with Crippen LogP contribution in [0.3, 0.4) is 0 Å². The topological polar surface area (TPSA) is 364 Å². The summed E-state index contributed by atoms with van der Waals surface area (Å²) in [5, 5.41) is 29.5. The number of fused-ring (bicyclic) bond motifs is 1. The molecule has 0 bridgehead atoms. The zero-order valence-corrected chi connectivity index (χ0v) is 65.4. The molecule has 10 heterocycles. The van der Waals surface area contributed by atoms with E-state index in [4.69, 9.17) is 19.9 Å². The lowest BCUT2D eigenvalue weighted by atomic mass is 10.1. The van der Waals surface area contributed by atoms with Crippen molar-refractivity contribution in [2.24, 2.45) is 44.6 Å². The van der Waals surface area contributed by atoms with E-state index in [0.717, 1.165) is 97.8 Å². The summed E-state index contributed by atoms with van der Waals surface area (Å²) in [6.45, 7) is 27.7. The third-order valence-corrected chi connectivity index (χ3v) is 19.9. The summed E-state index contributed by atoms with van der Waals surface area (Å²) in [4.78, 5) is 131. The number of nitrogens with two attached hydrogens (primary N) is 1. The molecule has 8 amide bonds. The Labute approximate surface area is 646 Å². The number of benzene rings is 1. The number of carbonyl (C=O) groups excluding carboxylic acids is 8. The molecule has 598 valence electrons. The highest BCUT2D eigenvalue weighted by atomic mass is 16.6. The molecule has 0 radical (unpaired) electrons. The second-order valence-electron chi connectivity index (χ2n) is 29.9. The van der Waals surface area contributed by atoms with Gasteiger partial charge in [-0.2, -0.15) is 0 Å². The second-order valence-corrected chi connectivity index (χ2v) is 29.9. The average molecular weight is 1530 g/mol. The standard InChI is InChI=1S/C56H75N13O8.C23H34N6O5/c1-37(2)11-17-67-35-43(31-49(67)54(73)60-41-29-47(63(5)33-41)52(71)58-13-7-15-65-19-23-76-24-20-65)69(56(75)46-28-40-27-39(51(57)70)9-10-45(40)62-46)44-32-50(68(36-44)18-12-38(3)4)55(74)61-42-30-48(64(6)34-42)53(72)59-14-8-16-66-21-25-77-26-22-66;1-17(2)5-8-28-16-19(29(32)33)14-21(28)23(31)25-18-13-20(26(3)15-18)22(30)24-6-4-7-27-9-11-34-12-10-27/h9-10,27-38,62H,7-8,11-26H2,1-6H3,(H2,57,70)(H,58,71)(H,59,72)(H,60,73)(H,61,74);13-17H,4-12H2,1-3H3,(H,24,30)(H,25,31). The lowest BCUT2D eigenvalue weighted by Gasteiger charge is -2.26. The molecule has 9 N–H and O–H groups in total. The number of hydrogen-bond donors (Lipinski definition) is 8. The van der Waals surface area contributed by atoms with Gasteiger partial charge >= 0.3 is 0 Å². The summed E-state index contributed by atoms with van der Waals surface area (Å²) < 4.78 is 26.5. The van der Waals surface area contributed by atoms with Crippen LogP contribution in [0.25, 0.3) is 10.9 Å². The Hall–Kier alpha value is -10.6. The number of morpholine rings is 3. The molecule has 32 heteroatoms. The van der Waals surface area contributed by atoms with E-state index in [1.165, 1.54) is 17.2 Å². The quantitative estimate of drug-likeness (QED) is 0.0105. The number of amides is 8. The molecule has 1 aromatic carbocycles. The molecule has 0 saturated carbocycles. The molecule has 32 nitrogen and oxygen atoms in total. The Morgan fingerprint density at radius 3 is 1.18 bits per heavy atom. The fourth-order valence-corrected chi connectivity index (χ4v) is 13.5. The minimum absolute atomic E-state index is 0.126. The van der Waals surface area contributed by atoms with Crippen LogP contribution in [0.5, 0.6) is 0 Å². The van der Waals surface area contributed by atoms with Crippen molar-refractivity contribution in [2.45, 2.75) is 99.7 Å². The predicted octanol–water partition coefficient (Wildman–Crippen LogP) is 8.51. The fourth-order valence-electron chi connectivity index (χ4n) is 13.5. The number of primary amides is 1. The Kier molecular flexibility index (Phi) is 29.3. The van der Waals surface area contributed by atoms with Gasteiger partial charge in [-0.05, 0) is 131 Å². The second kappa shape index (κ2) is 39.3. The lowest BCUT2D eigenvalue weighted by molar-refractivity contribution is -0.384. The van der Waals surface area contributed by atoms with Gasteiger partial charge in [0.05, 0.1) is 79.2 Å². The first-order valence-corrected chi connectivity index (χ1v) is 38.5. The SMILES string of the molecule is CC(C)CCn1cc(N(C(=O)c2cc3cc(C(N)=O)ccc3[nH]2)c2cc(C(=O)Nc3cc(C(=O)NCCCN4CCOCC4)n(C)c3)n(CCC(C)C)c2)cc1C(=O)Nc1cc(C(=O)NCCCN2CCOCC2)n(C)c1.CC(C)CCn1cc([N+](=O)[O-])cc1C(=O)Nc1cc(C(=O)NCCCN2CCOCC2)n(C)c1. The van der Waals surface area contributed by atoms with Gasteiger partial charge in [0.2, 0.25) is 5.91 Å². The zero-order chi connectivity index (χ0) is 79.4. The number of nitrogens with one attached hydrogen (secondary N) is 7. The van der Waals surface area contributed by atoms with Crippen LogP contribution < -0.4 is 42.5 Å². The van der Waals surface area contributed by atoms with Gasteiger partial charge in [0.15, 0.2) is 0 Å². The Morgan fingerprint density at radius 2 is 0.829 bits per heavy atom. The van der Waals surface area contributed by atoms with Crippen molar-refractivity contribution in [1.29, 1.82) is 0 Å². The van der Waals surface area contributed by atoms with E-state index in [-0.39, 0.29) is 63.6 Å². The molecule has 8 aromatic rings. The van der Waals surface area contributed by atoms with Crippen LogP contribution in [0.15, 0.2) is 97.8 Å². The molecule has 0 spiro atoms. The maximum atomic E-state index is 15.3. The molecule has 111 heavy (non-hydrogen) atoms. The highest BCUT2D eigenvalue weighted by Crippen LogP contribution is 2.34. The van der Waals surface area contributed by atoms with Crippen LogP contribution in [0.4, 0.5) is 34.1 Å². The minimum Gasteiger partial charge on any atom is -0.379 e. The van der Waals surface area contributed by atoms with Gasteiger partial charge in [0.25, 0.3) is 47.0 Å². The van der Waals surface area contributed by atoms with Gasteiger partial charge < -0.3 is 84.2 Å². The van der Waals surface area contributed by atoms with Crippen LogP contribution in [0.2, 0.25) is 0 Å². The molecular weight excluding hydrogens is 1420 g/mol. The van der Waals surface area contributed by atoms with Gasteiger partial charge in [-0.1, -0.05) is 41.5 Å². The first kappa shape index (κ1) is 82.8. The summed E-state index contributed by atoms with van der Waals surface area (Å²) in [5.41, 5.74) is 10.4. The maximum Gasteiger partial charge on any atom is 0.287 e. The van der Waals surface area contributed by atoms with Gasteiger partial charge in [-0.3, -0.25) is 68.1 Å². The number of nitro groups is 1. The summed E-state index contributed by atoms with van der Waals surface area (Å²) in [5.74, 6) is -2.30. The Bertz CT molecular complexity index is 4390. The number of anilines is 5. The van der Waals surface area contributed by atoms with Crippen LogP contribution in [-0.4, -0.2) is 217 Å². The first-order valence-electron chi connectivity index (χ1n) is 38.5. The molecule has 3 aliphatic rings. The van der Waals surface area contributed by atoms with E-state index in [1.807, 2.05) is 9.13 Å². The van der Waals surface area contributed by atoms with Crippen molar-refractivity contribution in [1.82, 2.24) is 63.0 Å². The first-order chi connectivity index (χ1) is 53.2. The number of ether oxygens (including phenoxy) is 3. The molecular formula is C79H109N19O13. The van der Waals surface area contributed by atoms with Crippen LogP contribution in [0.1, 0.15) is 164 Å². The van der Waals surface area contributed by atoms with Crippen LogP contribution in [0, 0.1) is 27.9 Å². The highest BCUT2D eigenvalue weighted by molar-refractivity contribution is 6.14. The number of aryl methyl sites for hydroxylation is 6. The van der Waals surface area contributed by atoms with E-state index in [1.54, 1.807) is 125 Å². The molecule has 0 atom stereocenters. The van der Waals surface area contributed by atoms with Gasteiger partial charge in [-0.15, -0.1) is 0 Å². The average Bonchev–Trinajstić information content (AvgIpc) is 1.62. The number of nitrogens with zero attached hydrogens (tertiary/aromatic N) is 11. The molecule has 11 rings (SSSR count). The van der Waals surface area contributed by atoms with Crippen molar-refractivity contribution in [3.8, 4) is 0 Å². The fraction of sp³-hybridized carbons (Fsp3) is 0.494. The highest BCUT2D eigenvalue weighted by Gasteiger charge is 2.31. The largest absolute Gasteiger partial charge is 0.379 e. The van der Waals surface area contributed by atoms with Crippen LogP contribution >= 0.6 is 0 Å². The third-order valence-electron chi connectivity index (χ3n) is 19.9. The molecule has 0 aliphatic carbocycles. The van der Waals surface area contributed by atoms with Gasteiger partial charge in [0.1, 0.15) is 39.9 Å². The van der Waals surface area contributed by atoms with Crippen molar-refractivity contribution < 1.29 is 57.5 Å². The minimum atomic E-state index is -0.611. The van der Waals surface area contributed by atoms with E-state index in [0.29, 0.717) is 141 Å². The normalized spacial score (nSPS) is 14.3. The molecule has 3 aliphatic heterocycles. The monoisotopic (exact) mass is 1530 g/mol. The van der Waals surface area contributed by atoms with E-state index < -0.39 is 34.5 Å². The predicted molar refractivity (Wildman–Crippen MR) is 424 cm³/mol. The van der Waals surface area contributed by atoms with E-state index in [2.05, 4.69) is 93.1 Å². The van der Waals surface area contributed by atoms with Crippen molar-refractivity contribution in [2.75, 3.05) is 139 Å². The number of aromatic amines is 1. The number of carbonyl (C=O) groups is 8. The van der Waals surface area contributed by atoms with E-state index >= 15 is 4.79 Å². The number of H-pyrrole nitrogens is 1. The van der Waals surface area contributed by atoms with Gasteiger partial charge in [-0.25, -0.2) is 0 Å². The molecule has 3 saturated heterocycles. The number of aromatic nitrogens is 7. The maximum absolute atomic E-state index is 15.3. The summed E-state index contributed by atoms with van der Waals surface area (Å²) in [7, 11) is 5.23. The summed E-state index contributed by atoms with van der Waals surface area (Å²) >= 11 is 0. The van der Waals surface area contributed by atoms with Crippen molar-refractivity contribution in [3.05, 3.63) is 153 Å². The molecule has 0 unspecified atom stereocenters. The number of rotatable bonds is 35. The smallest absolute Gasteiger partial charge is 0.287 e. The van der Waals surface area contributed by atoms with Crippen molar-refractivity contribution >= 4 is 92.3 Å². The molecule has 3 fully saturated rings. The summed E-state index contributed by atoms with van der Waals surface area (Å²) in [6.07, 6.45) is 14.5. The Morgan fingerprint density at radius 1 is 0.468 bits per heavy atom. The Balaban J connectivity index is 0.000000321. The van der Waals surface area contributed by atoms with Gasteiger partial charge in [0, 0.05) is 153 Å². The van der Waals surface area contributed by atoms with Crippen molar-refractivity contribution in [3.63, 3.8) is 0 Å². The number of hydrogen-bond acceptors (Lipinski definition) is 16. The zero-order valence-electron chi connectivity index (χ0n) is 65.4. The lowest BCUT2D eigenvalue weighted by Crippen LogP contribution is -2.38. The third kappa shape index (κ3) is 23.0. The van der Waals surface area contributed by atoms with E-state index in [9.17, 15) is 43.7 Å². The molecule has 7 aromatic heterocycles. The van der Waals surface area contributed by atoms with Crippen LogP contribution in [-0.2, 0) is 55.0 Å². The summed E-state index contributed by atoms with van der Waals surface area (Å²) in [6, 6.07) is 16.0.